The fraction of sp³-hybridized carbons (Fsp3) is 0.294. The average molecular weight is 388 g/mol. The van der Waals surface area contributed by atoms with Gasteiger partial charge in [0.2, 0.25) is 0 Å². The lowest BCUT2D eigenvalue weighted by atomic mass is 10.1. The van der Waals surface area contributed by atoms with Crippen LogP contribution in [0.5, 0.6) is 5.75 Å². The van der Waals surface area contributed by atoms with Gasteiger partial charge in [-0.2, -0.15) is 0 Å². The quantitative estimate of drug-likeness (QED) is 0.760. The highest BCUT2D eigenvalue weighted by molar-refractivity contribution is 7.14. The van der Waals surface area contributed by atoms with Crippen LogP contribution in [-0.2, 0) is 6.54 Å². The first kappa shape index (κ1) is 20.5. The summed E-state index contributed by atoms with van der Waals surface area (Å²) < 4.78 is 5.90. The highest BCUT2D eigenvalue weighted by Crippen LogP contribution is 2.34. The number of rotatable bonds is 5. The molecule has 2 aromatic rings. The van der Waals surface area contributed by atoms with E-state index in [1.165, 1.54) is 10.6 Å². The summed E-state index contributed by atoms with van der Waals surface area (Å²) in [7, 11) is 2.10. The van der Waals surface area contributed by atoms with E-state index in [1.807, 2.05) is 6.07 Å². The zero-order chi connectivity index (χ0) is 15.5. The molecule has 24 heavy (non-hydrogen) atoms. The van der Waals surface area contributed by atoms with E-state index in [9.17, 15) is 0 Å². The topological polar surface area (TPSA) is 50.5 Å². The summed E-state index contributed by atoms with van der Waals surface area (Å²) in [6.45, 7) is 2.96. The molecular weight excluding hydrogens is 365 g/mol. The van der Waals surface area contributed by atoms with Crippen LogP contribution in [0.3, 0.4) is 0 Å². The summed E-state index contributed by atoms with van der Waals surface area (Å²) in [4.78, 5) is 2.23. The van der Waals surface area contributed by atoms with Crippen LogP contribution in [0.4, 0.5) is 10.7 Å². The molecule has 0 aliphatic carbocycles. The number of thiophene rings is 1. The summed E-state index contributed by atoms with van der Waals surface area (Å²) in [6.07, 6.45) is 1.86. The van der Waals surface area contributed by atoms with Gasteiger partial charge in [-0.05, 0) is 41.6 Å². The Morgan fingerprint density at radius 1 is 1.25 bits per heavy atom. The first-order valence-corrected chi connectivity index (χ1v) is 8.36. The molecule has 1 aromatic heterocycles. The molecule has 1 aliphatic heterocycles. The summed E-state index contributed by atoms with van der Waals surface area (Å²) >= 11 is 1.74. The SMILES string of the molecule is CCCC1=C(N)Nc2cc(CN(C)c3cccs3)ccc2O1.Cl.Cl. The van der Waals surface area contributed by atoms with Gasteiger partial charge in [-0.1, -0.05) is 13.0 Å². The second-order valence-electron chi connectivity index (χ2n) is 5.45. The van der Waals surface area contributed by atoms with Crippen LogP contribution in [0.25, 0.3) is 0 Å². The first-order chi connectivity index (χ1) is 10.7. The van der Waals surface area contributed by atoms with E-state index in [0.717, 1.165) is 36.6 Å². The van der Waals surface area contributed by atoms with E-state index < -0.39 is 0 Å². The number of benzene rings is 1. The van der Waals surface area contributed by atoms with Gasteiger partial charge in [-0.15, -0.1) is 36.2 Å². The molecule has 3 rings (SSSR count). The molecule has 0 atom stereocenters. The minimum atomic E-state index is 0. The first-order valence-electron chi connectivity index (χ1n) is 7.48. The van der Waals surface area contributed by atoms with Crippen molar-refractivity contribution in [2.45, 2.75) is 26.3 Å². The van der Waals surface area contributed by atoms with Crippen molar-refractivity contribution in [3.05, 3.63) is 52.9 Å². The van der Waals surface area contributed by atoms with Crippen molar-refractivity contribution in [1.82, 2.24) is 0 Å². The van der Waals surface area contributed by atoms with Crippen LogP contribution in [0, 0.1) is 0 Å². The van der Waals surface area contributed by atoms with E-state index in [4.69, 9.17) is 10.5 Å². The second-order valence-corrected chi connectivity index (χ2v) is 6.38. The fourth-order valence-electron chi connectivity index (χ4n) is 2.52. The van der Waals surface area contributed by atoms with E-state index in [-0.39, 0.29) is 24.8 Å². The molecule has 1 aliphatic rings. The number of nitrogens with two attached hydrogens (primary N) is 1. The van der Waals surface area contributed by atoms with Crippen molar-refractivity contribution in [3.63, 3.8) is 0 Å². The molecule has 132 valence electrons. The Balaban J connectivity index is 0.00000144. The van der Waals surface area contributed by atoms with Crippen molar-refractivity contribution in [2.75, 3.05) is 17.3 Å². The lowest BCUT2D eigenvalue weighted by molar-refractivity contribution is 0.389. The Morgan fingerprint density at radius 2 is 2.04 bits per heavy atom. The van der Waals surface area contributed by atoms with Gasteiger partial charge in [0, 0.05) is 20.0 Å². The molecule has 0 saturated heterocycles. The maximum Gasteiger partial charge on any atom is 0.150 e. The number of anilines is 2. The second kappa shape index (κ2) is 9.06. The molecule has 7 heteroatoms. The molecule has 4 nitrogen and oxygen atoms in total. The summed E-state index contributed by atoms with van der Waals surface area (Å²) in [5.41, 5.74) is 8.20. The Kier molecular flexibility index (Phi) is 7.73. The molecular formula is C17H23Cl2N3OS. The molecule has 0 fully saturated rings. The monoisotopic (exact) mass is 387 g/mol. The average Bonchev–Trinajstić information content (AvgIpc) is 3.03. The van der Waals surface area contributed by atoms with Crippen molar-refractivity contribution >= 4 is 46.8 Å². The number of nitrogens with one attached hydrogen (secondary N) is 1. The number of halogens is 2. The van der Waals surface area contributed by atoms with Gasteiger partial charge in [0.05, 0.1) is 10.7 Å². The van der Waals surface area contributed by atoms with Gasteiger partial charge in [-0.3, -0.25) is 0 Å². The lowest BCUT2D eigenvalue weighted by Gasteiger charge is -2.24. The van der Waals surface area contributed by atoms with Gasteiger partial charge >= 0.3 is 0 Å². The van der Waals surface area contributed by atoms with Crippen LogP contribution < -0.4 is 20.7 Å². The molecule has 1 aromatic carbocycles. The fourth-order valence-corrected chi connectivity index (χ4v) is 3.21. The number of nitrogens with zero attached hydrogens (tertiary/aromatic N) is 1. The van der Waals surface area contributed by atoms with Crippen LogP contribution in [0.15, 0.2) is 47.3 Å². The molecule has 2 heterocycles. The Bertz CT molecular complexity index is 689. The van der Waals surface area contributed by atoms with Crippen molar-refractivity contribution in [3.8, 4) is 5.75 Å². The van der Waals surface area contributed by atoms with Gasteiger partial charge < -0.3 is 20.7 Å². The molecule has 0 unspecified atom stereocenters. The zero-order valence-electron chi connectivity index (χ0n) is 13.7. The predicted octanol–water partition coefficient (Wildman–Crippen LogP) is 4.96. The number of hydrogen-bond donors (Lipinski definition) is 2. The van der Waals surface area contributed by atoms with Crippen LogP contribution in [0.2, 0.25) is 0 Å². The van der Waals surface area contributed by atoms with Crippen molar-refractivity contribution < 1.29 is 4.74 Å². The molecule has 0 bridgehead atoms. The molecule has 0 amide bonds. The zero-order valence-corrected chi connectivity index (χ0v) is 16.2. The Morgan fingerprint density at radius 3 is 2.71 bits per heavy atom. The maximum absolute atomic E-state index is 6.04. The third-order valence-corrected chi connectivity index (χ3v) is 4.61. The van der Waals surface area contributed by atoms with E-state index in [2.05, 4.69) is 53.8 Å². The minimum absolute atomic E-state index is 0. The Labute approximate surface area is 159 Å². The predicted molar refractivity (Wildman–Crippen MR) is 108 cm³/mol. The van der Waals surface area contributed by atoms with Gasteiger partial charge in [-0.25, -0.2) is 0 Å². The van der Waals surface area contributed by atoms with Gasteiger partial charge in [0.25, 0.3) is 0 Å². The minimum Gasteiger partial charge on any atom is -0.456 e. The standard InChI is InChI=1S/C17H21N3OS.2ClH/c1-3-5-15-17(18)19-13-10-12(7-8-14(13)21-15)11-20(2)16-6-4-9-22-16;;/h4,6-10,19H,3,5,11,18H2,1-2H3;2*1H. The Hall–Kier alpha value is -1.56. The van der Waals surface area contributed by atoms with Crippen LogP contribution in [0.1, 0.15) is 25.3 Å². The van der Waals surface area contributed by atoms with Gasteiger partial charge in [0.1, 0.15) is 11.6 Å². The molecule has 0 saturated carbocycles. The normalized spacial score (nSPS) is 12.2. The highest BCUT2D eigenvalue weighted by Gasteiger charge is 2.17. The number of allylic oxidation sites excluding steroid dienone is 1. The highest BCUT2D eigenvalue weighted by atomic mass is 35.5. The maximum atomic E-state index is 6.04. The largest absolute Gasteiger partial charge is 0.456 e. The third kappa shape index (κ3) is 4.50. The van der Waals surface area contributed by atoms with Crippen LogP contribution in [-0.4, -0.2) is 7.05 Å². The van der Waals surface area contributed by atoms with Crippen molar-refractivity contribution in [2.24, 2.45) is 5.73 Å². The molecule has 3 N–H and O–H groups in total. The van der Waals surface area contributed by atoms with Crippen molar-refractivity contribution in [1.29, 1.82) is 0 Å². The summed E-state index contributed by atoms with van der Waals surface area (Å²) in [5, 5.41) is 6.61. The van der Waals surface area contributed by atoms with E-state index in [0.29, 0.717) is 5.82 Å². The number of ether oxygens (including phenoxy) is 1. The van der Waals surface area contributed by atoms with Crippen LogP contribution >= 0.6 is 36.2 Å². The molecule has 0 radical (unpaired) electrons. The summed E-state index contributed by atoms with van der Waals surface area (Å²) in [6, 6.07) is 10.4. The summed E-state index contributed by atoms with van der Waals surface area (Å²) in [5.74, 6) is 2.30. The smallest absolute Gasteiger partial charge is 0.150 e. The lowest BCUT2D eigenvalue weighted by Crippen LogP contribution is -2.21. The number of hydrogen-bond acceptors (Lipinski definition) is 5. The van der Waals surface area contributed by atoms with Gasteiger partial charge in [0.15, 0.2) is 5.75 Å². The molecule has 0 spiro atoms. The third-order valence-electron chi connectivity index (χ3n) is 3.63. The van der Waals surface area contributed by atoms with E-state index >= 15 is 0 Å². The van der Waals surface area contributed by atoms with E-state index in [1.54, 1.807) is 11.3 Å². The number of fused-ring (bicyclic) bond motifs is 1.